The zero-order valence-electron chi connectivity index (χ0n) is 16.4. The quantitative estimate of drug-likeness (QED) is 0.630. The number of benzene rings is 1. The molecule has 0 saturated heterocycles. The molecule has 0 radical (unpaired) electrons. The molecule has 1 N–H and O–H groups in total. The molecule has 0 unspecified atom stereocenters. The maximum Gasteiger partial charge on any atom is 0.327 e. The topological polar surface area (TPSA) is 83.9 Å². The van der Waals surface area contributed by atoms with Gasteiger partial charge < -0.3 is 4.74 Å². The van der Waals surface area contributed by atoms with E-state index in [1.807, 2.05) is 19.0 Å². The number of ether oxygens (including phenoxy) is 1. The van der Waals surface area contributed by atoms with E-state index in [9.17, 15) is 13.2 Å². The summed E-state index contributed by atoms with van der Waals surface area (Å²) >= 11 is 0. The molecule has 0 bridgehead atoms. The van der Waals surface area contributed by atoms with Crippen molar-refractivity contribution in [2.75, 3.05) is 27.5 Å². The highest BCUT2D eigenvalue weighted by atomic mass is 32.2. The summed E-state index contributed by atoms with van der Waals surface area (Å²) in [4.78, 5) is 14.2. The number of carbonyl (C=O) groups excluding carboxylic acids is 1. The van der Waals surface area contributed by atoms with Crippen LogP contribution in [0.4, 0.5) is 0 Å². The van der Waals surface area contributed by atoms with E-state index in [2.05, 4.69) is 45.9 Å². The monoisotopic (exact) mass is 373 g/mol. The molecule has 0 aliphatic carbocycles. The van der Waals surface area contributed by atoms with Gasteiger partial charge in [0, 0.05) is 0 Å². The number of nitrogens with zero attached hydrogens (tertiary/aromatic N) is 1. The lowest BCUT2D eigenvalue weighted by atomic mass is 9.84. The summed E-state index contributed by atoms with van der Waals surface area (Å²) in [7, 11) is 1.62. The molecule has 1 rings (SSSR count). The average molecular weight is 374 g/mol. The Morgan fingerprint density at radius 3 is 1.68 bits per heavy atom. The number of likely N-dealkylation sites (N-methyl/N-ethyl adjacent to an activating group) is 1. The van der Waals surface area contributed by atoms with E-state index in [1.165, 1.54) is 18.2 Å². The summed E-state index contributed by atoms with van der Waals surface area (Å²) in [6.07, 6.45) is 0.715. The molecule has 0 aliphatic heterocycles. The first-order valence-electron chi connectivity index (χ1n) is 8.10. The van der Waals surface area contributed by atoms with Crippen LogP contribution in [0.5, 0.6) is 0 Å². The minimum absolute atomic E-state index is 0.204. The third kappa shape index (κ3) is 7.98. The molecule has 6 nitrogen and oxygen atoms in total. The first-order chi connectivity index (χ1) is 11.3. The first-order valence-corrected chi connectivity index (χ1v) is 9.95. The first kappa shape index (κ1) is 23.6. The number of rotatable bonds is 5. The summed E-state index contributed by atoms with van der Waals surface area (Å²) in [5, 5.41) is 0. The van der Waals surface area contributed by atoms with Gasteiger partial charge in [0.1, 0.15) is 6.04 Å². The third-order valence-electron chi connectivity index (χ3n) is 3.63. The van der Waals surface area contributed by atoms with Crippen LogP contribution in [0.15, 0.2) is 18.2 Å². The Morgan fingerprint density at radius 2 is 1.44 bits per heavy atom. The largest absolute Gasteiger partial charge is 0.468 e. The van der Waals surface area contributed by atoms with Crippen molar-refractivity contribution >= 4 is 16.1 Å². The lowest BCUT2D eigenvalue weighted by molar-refractivity contribution is -0.146. The van der Waals surface area contributed by atoms with Crippen molar-refractivity contribution in [1.29, 1.82) is 0 Å². The van der Waals surface area contributed by atoms with E-state index in [-0.39, 0.29) is 12.0 Å². The number of carbonyl (C=O) groups is 1. The van der Waals surface area contributed by atoms with Gasteiger partial charge in [0.25, 0.3) is 10.1 Å². The highest BCUT2D eigenvalue weighted by Crippen LogP contribution is 2.34. The van der Waals surface area contributed by atoms with Gasteiger partial charge in [-0.15, -0.1) is 0 Å². The Labute approximate surface area is 151 Å². The molecule has 25 heavy (non-hydrogen) atoms. The molecular formula is C18H31NO5S. The van der Waals surface area contributed by atoms with Crippen LogP contribution in [0.3, 0.4) is 0 Å². The van der Waals surface area contributed by atoms with E-state index in [0.717, 1.165) is 5.56 Å². The molecule has 0 aromatic heterocycles. The van der Waals surface area contributed by atoms with Gasteiger partial charge in [0.15, 0.2) is 0 Å². The summed E-state index contributed by atoms with van der Waals surface area (Å²) in [5.74, 6) is 0.539. The normalized spacial score (nSPS) is 12.8. The molecule has 7 heteroatoms. The van der Waals surface area contributed by atoms with Gasteiger partial charge in [-0.25, -0.2) is 4.79 Å². The number of methoxy groups -OCH3 is 1. The molecule has 1 aromatic rings. The smallest absolute Gasteiger partial charge is 0.327 e. The lowest BCUT2D eigenvalue weighted by Gasteiger charge is -2.29. The Balaban J connectivity index is 0.00000101. The fourth-order valence-electron chi connectivity index (χ4n) is 2.62. The maximum absolute atomic E-state index is 12.2. The Bertz CT molecular complexity index is 632. The molecule has 0 heterocycles. The van der Waals surface area contributed by atoms with Crippen LogP contribution in [-0.2, 0) is 19.6 Å². The third-order valence-corrected chi connectivity index (χ3v) is 3.63. The van der Waals surface area contributed by atoms with Crippen molar-refractivity contribution in [2.45, 2.75) is 45.6 Å². The summed E-state index contributed by atoms with van der Waals surface area (Å²) in [5.41, 5.74) is 3.55. The van der Waals surface area contributed by atoms with Gasteiger partial charge in [0.05, 0.1) is 13.4 Å². The highest BCUT2D eigenvalue weighted by Gasteiger charge is 2.29. The average Bonchev–Trinajstić information content (AvgIpc) is 2.44. The van der Waals surface area contributed by atoms with Crippen molar-refractivity contribution in [1.82, 2.24) is 4.90 Å². The van der Waals surface area contributed by atoms with Crippen molar-refractivity contribution < 1.29 is 22.5 Å². The second kappa shape index (κ2) is 9.89. The van der Waals surface area contributed by atoms with Gasteiger partial charge in [-0.3, -0.25) is 9.45 Å². The van der Waals surface area contributed by atoms with Crippen LogP contribution in [0.1, 0.15) is 62.3 Å². The van der Waals surface area contributed by atoms with Crippen LogP contribution in [0.25, 0.3) is 0 Å². The van der Waals surface area contributed by atoms with Crippen LogP contribution >= 0.6 is 0 Å². The van der Waals surface area contributed by atoms with Gasteiger partial charge in [0.2, 0.25) is 0 Å². The molecule has 0 amide bonds. The summed E-state index contributed by atoms with van der Waals surface area (Å²) in [6.45, 7) is 8.64. The summed E-state index contributed by atoms with van der Waals surface area (Å²) < 4.78 is 30.9. The van der Waals surface area contributed by atoms with E-state index in [0.29, 0.717) is 18.1 Å². The minimum atomic E-state index is -3.67. The maximum atomic E-state index is 12.2. The SMILES string of the molecule is COC(=O)[C@H](c1c(C(C)C)cccc1C(C)C)N(C)C.CS(=O)(=O)O. The van der Waals surface area contributed by atoms with Crippen LogP contribution in [-0.4, -0.2) is 51.3 Å². The van der Waals surface area contributed by atoms with E-state index < -0.39 is 10.1 Å². The van der Waals surface area contributed by atoms with E-state index >= 15 is 0 Å². The molecule has 144 valence electrons. The molecule has 1 atom stereocenters. The van der Waals surface area contributed by atoms with Gasteiger partial charge in [-0.2, -0.15) is 8.42 Å². The zero-order valence-corrected chi connectivity index (χ0v) is 17.2. The van der Waals surface area contributed by atoms with Crippen LogP contribution in [0, 0.1) is 0 Å². The van der Waals surface area contributed by atoms with Crippen LogP contribution < -0.4 is 0 Å². The Kier molecular flexibility index (Phi) is 9.32. The molecular weight excluding hydrogens is 342 g/mol. The number of esters is 1. The summed E-state index contributed by atoms with van der Waals surface area (Å²) in [6, 6.07) is 5.96. The van der Waals surface area contributed by atoms with Gasteiger partial charge in [-0.1, -0.05) is 45.9 Å². The molecule has 0 aliphatic rings. The molecule has 0 spiro atoms. The predicted octanol–water partition coefficient (Wildman–Crippen LogP) is 3.21. The van der Waals surface area contributed by atoms with Crippen LogP contribution in [0.2, 0.25) is 0 Å². The van der Waals surface area contributed by atoms with Gasteiger partial charge in [-0.05, 0) is 42.6 Å². The molecule has 0 fully saturated rings. The number of hydrogen-bond donors (Lipinski definition) is 1. The predicted molar refractivity (Wildman–Crippen MR) is 101 cm³/mol. The second-order valence-corrected chi connectivity index (χ2v) is 8.25. The fourth-order valence-corrected chi connectivity index (χ4v) is 2.62. The zero-order chi connectivity index (χ0) is 19.9. The Hall–Kier alpha value is -1.44. The molecule has 0 saturated carbocycles. The van der Waals surface area contributed by atoms with Crippen molar-refractivity contribution in [3.8, 4) is 0 Å². The van der Waals surface area contributed by atoms with E-state index in [1.54, 1.807) is 0 Å². The highest BCUT2D eigenvalue weighted by molar-refractivity contribution is 7.85. The second-order valence-electron chi connectivity index (χ2n) is 6.78. The molecule has 1 aromatic carbocycles. The van der Waals surface area contributed by atoms with Crippen molar-refractivity contribution in [2.24, 2.45) is 0 Å². The van der Waals surface area contributed by atoms with Crippen molar-refractivity contribution in [3.63, 3.8) is 0 Å². The van der Waals surface area contributed by atoms with Gasteiger partial charge >= 0.3 is 5.97 Å². The fraction of sp³-hybridized carbons (Fsp3) is 0.611. The van der Waals surface area contributed by atoms with Crippen molar-refractivity contribution in [3.05, 3.63) is 34.9 Å². The minimum Gasteiger partial charge on any atom is -0.468 e. The van der Waals surface area contributed by atoms with E-state index in [4.69, 9.17) is 9.29 Å². The standard InChI is InChI=1S/C17H27NO2.CH4O3S/c1-11(2)13-9-8-10-14(12(3)4)15(13)16(18(5)6)17(19)20-7;1-5(2,3)4/h8-12,16H,1-7H3;1H3,(H,2,3,4)/t16-;/m0./s1. The Morgan fingerprint density at radius 1 is 1.08 bits per heavy atom. The lowest BCUT2D eigenvalue weighted by Crippen LogP contribution is -2.31. The number of hydrogen-bond acceptors (Lipinski definition) is 5.